The van der Waals surface area contributed by atoms with E-state index < -0.39 is 17.9 Å². The number of nitrogens with one attached hydrogen (secondary N) is 2. The van der Waals surface area contributed by atoms with Crippen LogP contribution in [0.15, 0.2) is 64.2 Å². The van der Waals surface area contributed by atoms with Crippen LogP contribution in [-0.2, 0) is 9.59 Å². The van der Waals surface area contributed by atoms with Gasteiger partial charge in [0.1, 0.15) is 6.61 Å². The molecule has 0 saturated carbocycles. The Balaban J connectivity index is 1.23. The normalized spacial score (nSPS) is 14.8. The first-order chi connectivity index (χ1) is 14.2. The summed E-state index contributed by atoms with van der Waals surface area (Å²) >= 11 is 1.06. The van der Waals surface area contributed by atoms with Crippen molar-refractivity contribution < 1.29 is 23.5 Å². The summed E-state index contributed by atoms with van der Waals surface area (Å²) in [5.74, 6) is 0.470. The summed E-state index contributed by atoms with van der Waals surface area (Å²) in [6.45, 7) is 0.0533. The molecule has 2 N–H and O–H groups in total. The maximum absolute atomic E-state index is 12.2. The van der Waals surface area contributed by atoms with Gasteiger partial charge in [-0.3, -0.25) is 20.4 Å². The van der Waals surface area contributed by atoms with Crippen LogP contribution in [0.1, 0.15) is 0 Å². The maximum Gasteiger partial charge on any atom is 0.283 e. The minimum Gasteiger partial charge on any atom is -0.485 e. The first-order valence-corrected chi connectivity index (χ1v) is 9.66. The molecule has 4 rings (SSSR count). The molecule has 2 aromatic carbocycles. The van der Waals surface area contributed by atoms with Crippen LogP contribution in [0.5, 0.6) is 11.5 Å². The fraction of sp³-hybridized carbons (Fsp3) is 0.158. The molecule has 1 aliphatic rings. The lowest BCUT2D eigenvalue weighted by atomic mass is 10.2. The minimum atomic E-state index is -0.859. The first kappa shape index (κ1) is 18.8. The molecule has 0 fully saturated rings. The zero-order valence-corrected chi connectivity index (χ0v) is 15.8. The number of thioether (sulfide) groups is 1. The Kier molecular flexibility index (Phi) is 5.61. The molecule has 3 aromatic rings. The molecule has 0 unspecified atom stereocenters. The van der Waals surface area contributed by atoms with Crippen molar-refractivity contribution in [1.82, 2.24) is 21.0 Å². The number of hydrazine groups is 1. The van der Waals surface area contributed by atoms with E-state index in [0.29, 0.717) is 17.4 Å². The van der Waals surface area contributed by atoms with Gasteiger partial charge in [0.25, 0.3) is 11.1 Å². The van der Waals surface area contributed by atoms with Crippen LogP contribution in [0.2, 0.25) is 0 Å². The molecule has 0 bridgehead atoms. The molecular formula is C19H16N4O5S. The topological polar surface area (TPSA) is 116 Å². The molecule has 29 heavy (non-hydrogen) atoms. The van der Waals surface area contributed by atoms with E-state index in [1.54, 1.807) is 18.2 Å². The van der Waals surface area contributed by atoms with Crippen LogP contribution in [-0.4, -0.2) is 40.5 Å². The second kappa shape index (κ2) is 8.65. The Morgan fingerprint density at radius 1 is 1.00 bits per heavy atom. The monoisotopic (exact) mass is 412 g/mol. The van der Waals surface area contributed by atoms with E-state index in [2.05, 4.69) is 21.0 Å². The number of amides is 2. The van der Waals surface area contributed by atoms with Gasteiger partial charge >= 0.3 is 0 Å². The van der Waals surface area contributed by atoms with Crippen molar-refractivity contribution in [3.63, 3.8) is 0 Å². The Labute approximate surface area is 169 Å². The van der Waals surface area contributed by atoms with E-state index in [1.165, 1.54) is 0 Å². The average Bonchev–Trinajstić information content (AvgIpc) is 3.25. The van der Waals surface area contributed by atoms with Gasteiger partial charge in [-0.25, -0.2) is 0 Å². The van der Waals surface area contributed by atoms with Gasteiger partial charge in [-0.2, -0.15) is 0 Å². The lowest BCUT2D eigenvalue weighted by Crippen LogP contribution is -2.51. The Bertz CT molecular complexity index is 1010. The Hall–Kier alpha value is -3.53. The molecule has 9 nitrogen and oxygen atoms in total. The molecular weight excluding hydrogens is 396 g/mol. The predicted molar refractivity (Wildman–Crippen MR) is 103 cm³/mol. The van der Waals surface area contributed by atoms with E-state index in [0.717, 1.165) is 17.3 Å². The SMILES string of the molecule is O=C(CSc1nnc(-c2ccccc2)o1)NNC(=O)[C@@H]1COc2ccccc2O1. The maximum atomic E-state index is 12.2. The number of fused-ring (bicyclic) bond motifs is 1. The second-order valence-corrected chi connectivity index (χ2v) is 6.86. The van der Waals surface area contributed by atoms with Gasteiger partial charge in [-0.1, -0.05) is 42.1 Å². The molecule has 1 atom stereocenters. The summed E-state index contributed by atoms with van der Waals surface area (Å²) in [5.41, 5.74) is 5.45. The van der Waals surface area contributed by atoms with Crippen molar-refractivity contribution >= 4 is 23.6 Å². The molecule has 1 aromatic heterocycles. The highest BCUT2D eigenvalue weighted by molar-refractivity contribution is 7.99. The highest BCUT2D eigenvalue weighted by Crippen LogP contribution is 2.30. The van der Waals surface area contributed by atoms with Crippen molar-refractivity contribution in [2.45, 2.75) is 11.3 Å². The van der Waals surface area contributed by atoms with Crippen molar-refractivity contribution in [3.8, 4) is 23.0 Å². The summed E-state index contributed by atoms with van der Waals surface area (Å²) < 4.78 is 16.6. The number of hydrogen-bond acceptors (Lipinski definition) is 8. The largest absolute Gasteiger partial charge is 0.485 e. The Morgan fingerprint density at radius 3 is 2.59 bits per heavy atom. The highest BCUT2D eigenvalue weighted by atomic mass is 32.2. The molecule has 148 valence electrons. The molecule has 1 aliphatic heterocycles. The summed E-state index contributed by atoms with van der Waals surface area (Å²) in [5, 5.41) is 8.10. The standard InChI is InChI=1S/C19H16N4O5S/c24-16(11-29-19-23-22-18(28-19)12-6-2-1-3-7-12)20-21-17(25)15-10-26-13-8-4-5-9-14(13)27-15/h1-9,15H,10-11H2,(H,20,24)(H,21,25)/t15-/m0/s1. The quantitative estimate of drug-likeness (QED) is 0.482. The van der Waals surface area contributed by atoms with Gasteiger partial charge in [0.15, 0.2) is 11.5 Å². The third-order valence-corrected chi connectivity index (χ3v) is 4.70. The van der Waals surface area contributed by atoms with Crippen molar-refractivity contribution in [1.29, 1.82) is 0 Å². The zero-order chi connectivity index (χ0) is 20.1. The van der Waals surface area contributed by atoms with Crippen LogP contribution in [0, 0.1) is 0 Å². The Morgan fingerprint density at radius 2 is 1.76 bits per heavy atom. The second-order valence-electron chi connectivity index (χ2n) is 5.93. The minimum absolute atomic E-state index is 0.0123. The van der Waals surface area contributed by atoms with Crippen molar-refractivity contribution in [3.05, 3.63) is 54.6 Å². The lowest BCUT2D eigenvalue weighted by molar-refractivity contribution is -0.134. The summed E-state index contributed by atoms with van der Waals surface area (Å²) in [6, 6.07) is 16.4. The fourth-order valence-electron chi connectivity index (χ4n) is 2.49. The average molecular weight is 412 g/mol. The van der Waals surface area contributed by atoms with Crippen molar-refractivity contribution in [2.75, 3.05) is 12.4 Å². The number of carbonyl (C=O) groups excluding carboxylic acids is 2. The molecule has 0 saturated heterocycles. The van der Waals surface area contributed by atoms with Gasteiger partial charge in [0.2, 0.25) is 17.9 Å². The third kappa shape index (κ3) is 4.66. The van der Waals surface area contributed by atoms with Crippen LogP contribution < -0.4 is 20.3 Å². The van der Waals surface area contributed by atoms with Crippen LogP contribution >= 0.6 is 11.8 Å². The van der Waals surface area contributed by atoms with Crippen LogP contribution in [0.25, 0.3) is 11.5 Å². The molecule has 0 aliphatic carbocycles. The van der Waals surface area contributed by atoms with Gasteiger partial charge in [0.05, 0.1) is 5.75 Å². The van der Waals surface area contributed by atoms with E-state index in [1.807, 2.05) is 36.4 Å². The number of nitrogens with zero attached hydrogens (tertiary/aromatic N) is 2. The van der Waals surface area contributed by atoms with Gasteiger partial charge < -0.3 is 13.9 Å². The number of carbonyl (C=O) groups is 2. The fourth-order valence-corrected chi connectivity index (χ4v) is 3.05. The van der Waals surface area contributed by atoms with Gasteiger partial charge in [-0.05, 0) is 24.3 Å². The number of ether oxygens (including phenoxy) is 2. The van der Waals surface area contributed by atoms with Gasteiger partial charge in [-0.15, -0.1) is 10.2 Å². The third-order valence-electron chi connectivity index (χ3n) is 3.88. The van der Waals surface area contributed by atoms with E-state index in [4.69, 9.17) is 13.9 Å². The number of benzene rings is 2. The number of para-hydroxylation sites is 2. The number of rotatable bonds is 5. The molecule has 2 amide bonds. The van der Waals surface area contributed by atoms with E-state index in [-0.39, 0.29) is 17.6 Å². The summed E-state index contributed by atoms with van der Waals surface area (Å²) in [4.78, 5) is 24.1. The van der Waals surface area contributed by atoms with E-state index in [9.17, 15) is 9.59 Å². The predicted octanol–water partition coefficient (Wildman–Crippen LogP) is 1.82. The molecule has 2 heterocycles. The zero-order valence-electron chi connectivity index (χ0n) is 15.0. The lowest BCUT2D eigenvalue weighted by Gasteiger charge is -2.25. The molecule has 10 heteroatoms. The first-order valence-electron chi connectivity index (χ1n) is 8.68. The number of hydrogen-bond donors (Lipinski definition) is 2. The summed E-state index contributed by atoms with van der Waals surface area (Å²) in [6.07, 6.45) is -0.859. The van der Waals surface area contributed by atoms with Crippen LogP contribution in [0.3, 0.4) is 0 Å². The molecule has 0 radical (unpaired) electrons. The molecule has 0 spiro atoms. The smallest absolute Gasteiger partial charge is 0.283 e. The summed E-state index contributed by atoms with van der Waals surface area (Å²) in [7, 11) is 0. The number of aromatic nitrogens is 2. The van der Waals surface area contributed by atoms with Gasteiger partial charge in [0, 0.05) is 5.56 Å². The van der Waals surface area contributed by atoms with E-state index >= 15 is 0 Å². The van der Waals surface area contributed by atoms with Crippen LogP contribution in [0.4, 0.5) is 0 Å². The highest BCUT2D eigenvalue weighted by Gasteiger charge is 2.27. The van der Waals surface area contributed by atoms with Crippen molar-refractivity contribution in [2.24, 2.45) is 0 Å².